The molecular formula is C12H19NO3. The normalized spacial score (nSPS) is 36.6. The van der Waals surface area contributed by atoms with Crippen LogP contribution in [0, 0.1) is 5.92 Å². The molecule has 0 radical (unpaired) electrons. The van der Waals surface area contributed by atoms with Crippen LogP contribution < -0.4 is 0 Å². The molecule has 0 aromatic carbocycles. The Morgan fingerprint density at radius 3 is 2.81 bits per heavy atom. The highest BCUT2D eigenvalue weighted by Gasteiger charge is 2.39. The Morgan fingerprint density at radius 1 is 1.44 bits per heavy atom. The van der Waals surface area contributed by atoms with Crippen molar-refractivity contribution in [2.75, 3.05) is 6.54 Å². The zero-order valence-corrected chi connectivity index (χ0v) is 9.69. The van der Waals surface area contributed by atoms with Crippen molar-refractivity contribution in [3.05, 3.63) is 0 Å². The second-order valence-corrected chi connectivity index (χ2v) is 5.06. The zero-order valence-electron chi connectivity index (χ0n) is 9.69. The number of Topliss-reactive ketones (excluding diaryl/α,β-unsaturated/α-hetero) is 1. The van der Waals surface area contributed by atoms with E-state index in [4.69, 9.17) is 5.11 Å². The summed E-state index contributed by atoms with van der Waals surface area (Å²) in [5.41, 5.74) is 0. The minimum atomic E-state index is -0.707. The first-order valence-electron chi connectivity index (χ1n) is 6.10. The molecule has 0 aromatic heterocycles. The zero-order chi connectivity index (χ0) is 11.7. The molecule has 2 aliphatic rings. The molecular weight excluding hydrogens is 206 g/mol. The second-order valence-electron chi connectivity index (χ2n) is 5.06. The number of nitrogens with zero attached hydrogens (tertiary/aromatic N) is 1. The molecule has 90 valence electrons. The molecule has 0 aromatic rings. The van der Waals surface area contributed by atoms with Gasteiger partial charge in [-0.1, -0.05) is 6.92 Å². The van der Waals surface area contributed by atoms with Crippen LogP contribution in [0.25, 0.3) is 0 Å². The molecule has 16 heavy (non-hydrogen) atoms. The van der Waals surface area contributed by atoms with Crippen molar-refractivity contribution in [1.82, 2.24) is 4.90 Å². The molecule has 2 rings (SSSR count). The number of hydrogen-bond acceptors (Lipinski definition) is 3. The molecule has 1 aliphatic heterocycles. The fourth-order valence-corrected chi connectivity index (χ4v) is 3.13. The van der Waals surface area contributed by atoms with Gasteiger partial charge in [-0.3, -0.25) is 14.5 Å². The van der Waals surface area contributed by atoms with Gasteiger partial charge in [-0.25, -0.2) is 0 Å². The van der Waals surface area contributed by atoms with Gasteiger partial charge in [0, 0.05) is 18.9 Å². The fraction of sp³-hybridized carbons (Fsp3) is 0.833. The van der Waals surface area contributed by atoms with E-state index in [0.29, 0.717) is 30.6 Å². The third kappa shape index (κ3) is 2.12. The number of carboxylic acids is 1. The highest BCUT2D eigenvalue weighted by atomic mass is 16.4. The lowest BCUT2D eigenvalue weighted by Crippen LogP contribution is -2.48. The molecule has 1 saturated heterocycles. The van der Waals surface area contributed by atoms with Gasteiger partial charge in [-0.05, 0) is 31.7 Å². The van der Waals surface area contributed by atoms with E-state index in [1.807, 2.05) is 0 Å². The van der Waals surface area contributed by atoms with Crippen molar-refractivity contribution >= 4 is 11.8 Å². The SMILES string of the molecule is CC1CC(=O)CCC1N1CCC[C@H]1C(=O)O. The summed E-state index contributed by atoms with van der Waals surface area (Å²) in [5.74, 6) is -0.0716. The lowest BCUT2D eigenvalue weighted by molar-refractivity contribution is -0.143. The summed E-state index contributed by atoms with van der Waals surface area (Å²) >= 11 is 0. The molecule has 2 fully saturated rings. The molecule has 1 heterocycles. The summed E-state index contributed by atoms with van der Waals surface area (Å²) in [6, 6.07) is -0.0260. The van der Waals surface area contributed by atoms with Gasteiger partial charge >= 0.3 is 5.97 Å². The number of carboxylic acid groups (broad SMARTS) is 1. The lowest BCUT2D eigenvalue weighted by atomic mass is 9.84. The minimum absolute atomic E-state index is 0.293. The number of carbonyl (C=O) groups excluding carboxylic acids is 1. The van der Waals surface area contributed by atoms with Gasteiger partial charge in [-0.2, -0.15) is 0 Å². The Hall–Kier alpha value is -0.900. The van der Waals surface area contributed by atoms with Gasteiger partial charge in [0.1, 0.15) is 11.8 Å². The third-order valence-corrected chi connectivity index (χ3v) is 3.93. The van der Waals surface area contributed by atoms with Crippen molar-refractivity contribution in [2.24, 2.45) is 5.92 Å². The molecule has 4 nitrogen and oxygen atoms in total. The average molecular weight is 225 g/mol. The van der Waals surface area contributed by atoms with Crippen LogP contribution in [0.3, 0.4) is 0 Å². The second kappa shape index (κ2) is 4.53. The van der Waals surface area contributed by atoms with Crippen LogP contribution in [0.1, 0.15) is 39.0 Å². The summed E-state index contributed by atoms with van der Waals surface area (Å²) in [4.78, 5) is 24.5. The Balaban J connectivity index is 2.06. The van der Waals surface area contributed by atoms with Crippen molar-refractivity contribution < 1.29 is 14.7 Å². The number of aliphatic carboxylic acids is 1. The topological polar surface area (TPSA) is 57.6 Å². The maximum Gasteiger partial charge on any atom is 0.320 e. The maximum absolute atomic E-state index is 11.3. The van der Waals surface area contributed by atoms with Gasteiger partial charge in [0.25, 0.3) is 0 Å². The van der Waals surface area contributed by atoms with Gasteiger partial charge in [0.2, 0.25) is 0 Å². The van der Waals surface area contributed by atoms with Gasteiger partial charge < -0.3 is 5.11 Å². The van der Waals surface area contributed by atoms with Crippen molar-refractivity contribution in [3.63, 3.8) is 0 Å². The summed E-state index contributed by atoms with van der Waals surface area (Å²) in [6.07, 6.45) is 3.80. The molecule has 0 amide bonds. The Labute approximate surface area is 95.6 Å². The van der Waals surface area contributed by atoms with Crippen LogP contribution in [-0.2, 0) is 9.59 Å². The van der Waals surface area contributed by atoms with E-state index in [0.717, 1.165) is 25.8 Å². The van der Waals surface area contributed by atoms with Crippen molar-refractivity contribution in [1.29, 1.82) is 0 Å². The van der Waals surface area contributed by atoms with Crippen LogP contribution in [0.15, 0.2) is 0 Å². The molecule has 1 N–H and O–H groups in total. The summed E-state index contributed by atoms with van der Waals surface area (Å²) < 4.78 is 0. The molecule has 0 spiro atoms. The smallest absolute Gasteiger partial charge is 0.320 e. The van der Waals surface area contributed by atoms with Gasteiger partial charge in [-0.15, -0.1) is 0 Å². The van der Waals surface area contributed by atoms with Crippen molar-refractivity contribution in [3.8, 4) is 0 Å². The Kier molecular flexibility index (Phi) is 3.28. The number of likely N-dealkylation sites (tertiary alicyclic amines) is 1. The van der Waals surface area contributed by atoms with Crippen LogP contribution in [-0.4, -0.2) is 40.4 Å². The van der Waals surface area contributed by atoms with Crippen molar-refractivity contribution in [2.45, 2.75) is 51.1 Å². The van der Waals surface area contributed by atoms with Crippen LogP contribution in [0.2, 0.25) is 0 Å². The van der Waals surface area contributed by atoms with Gasteiger partial charge in [0.05, 0.1) is 0 Å². The molecule has 3 atom stereocenters. The van der Waals surface area contributed by atoms with Crippen LogP contribution in [0.5, 0.6) is 0 Å². The number of carbonyl (C=O) groups is 2. The summed E-state index contributed by atoms with van der Waals surface area (Å²) in [5, 5.41) is 9.14. The largest absolute Gasteiger partial charge is 0.480 e. The highest BCUT2D eigenvalue weighted by molar-refractivity contribution is 5.79. The molecule has 1 saturated carbocycles. The van der Waals surface area contributed by atoms with E-state index >= 15 is 0 Å². The van der Waals surface area contributed by atoms with Crippen LogP contribution in [0.4, 0.5) is 0 Å². The number of ketones is 1. The first-order chi connectivity index (χ1) is 7.59. The number of rotatable bonds is 2. The minimum Gasteiger partial charge on any atom is -0.480 e. The maximum atomic E-state index is 11.3. The highest BCUT2D eigenvalue weighted by Crippen LogP contribution is 2.31. The standard InChI is InChI=1S/C12H19NO3/c1-8-7-9(14)4-5-10(8)13-6-2-3-11(13)12(15)16/h8,10-11H,2-7H2,1H3,(H,15,16)/t8?,10?,11-/m0/s1. The van der Waals surface area contributed by atoms with E-state index in [2.05, 4.69) is 11.8 Å². The summed E-state index contributed by atoms with van der Waals surface area (Å²) in [7, 11) is 0. The predicted molar refractivity (Wildman–Crippen MR) is 59.2 cm³/mol. The molecule has 1 aliphatic carbocycles. The number of hydrogen-bond donors (Lipinski definition) is 1. The van der Waals surface area contributed by atoms with Crippen LogP contribution >= 0.6 is 0 Å². The van der Waals surface area contributed by atoms with E-state index < -0.39 is 5.97 Å². The first kappa shape index (κ1) is 11.6. The third-order valence-electron chi connectivity index (χ3n) is 3.93. The Bertz CT molecular complexity index is 303. The molecule has 2 unspecified atom stereocenters. The fourth-order valence-electron chi connectivity index (χ4n) is 3.13. The first-order valence-corrected chi connectivity index (χ1v) is 6.10. The monoisotopic (exact) mass is 225 g/mol. The van der Waals surface area contributed by atoms with E-state index in [1.165, 1.54) is 0 Å². The van der Waals surface area contributed by atoms with E-state index in [-0.39, 0.29) is 6.04 Å². The quantitative estimate of drug-likeness (QED) is 0.769. The van der Waals surface area contributed by atoms with Gasteiger partial charge in [0.15, 0.2) is 0 Å². The lowest BCUT2D eigenvalue weighted by Gasteiger charge is -2.37. The molecule has 0 bridgehead atoms. The molecule has 4 heteroatoms. The predicted octanol–water partition coefficient (Wildman–Crippen LogP) is 1.29. The Morgan fingerprint density at radius 2 is 2.19 bits per heavy atom. The average Bonchev–Trinajstić information content (AvgIpc) is 2.66. The summed E-state index contributed by atoms with van der Waals surface area (Å²) in [6.45, 7) is 2.94. The van der Waals surface area contributed by atoms with E-state index in [1.54, 1.807) is 0 Å². The van der Waals surface area contributed by atoms with E-state index in [9.17, 15) is 9.59 Å².